The summed E-state index contributed by atoms with van der Waals surface area (Å²) in [5.74, 6) is 0. The van der Waals surface area contributed by atoms with Gasteiger partial charge in [-0.15, -0.1) is 0 Å². The molecule has 4 heterocycles. The third-order valence-electron chi connectivity index (χ3n) is 14.7. The number of furan rings is 1. The molecule has 9 aromatic rings. The van der Waals surface area contributed by atoms with Gasteiger partial charge in [-0.25, -0.2) is 0 Å². The standard InChI is InChI=1S/C57H53BN2O/c1-54(2,3)32-16-20-35(21-17-32)60-47-31-43-40(36-22-18-33(55(4,5)6)28-42(36)57(43,10)11)30-41(47)37-23-24-39-50-46(26-27-49-51(50)38-14-12-13-15-48(38)61-49)59-45-25-19-34(56(7,8)9)29-44(45)58(60)52(37)53(39)59/h12-31H,1-11H3. The van der Waals surface area contributed by atoms with E-state index in [4.69, 9.17) is 4.42 Å². The van der Waals surface area contributed by atoms with Crippen LogP contribution in [-0.2, 0) is 21.7 Å². The molecule has 0 unspecified atom stereocenters. The molecule has 0 amide bonds. The third-order valence-corrected chi connectivity index (χ3v) is 14.7. The van der Waals surface area contributed by atoms with Crippen LogP contribution in [0.5, 0.6) is 0 Å². The fourth-order valence-corrected chi connectivity index (χ4v) is 11.3. The molecule has 3 aliphatic rings. The summed E-state index contributed by atoms with van der Waals surface area (Å²) in [6, 6.07) is 47.1. The zero-order chi connectivity index (χ0) is 42.3. The Bertz CT molecular complexity index is 3390. The van der Waals surface area contributed by atoms with Gasteiger partial charge in [0, 0.05) is 49.6 Å². The fraction of sp³-hybridized carbons (Fsp3) is 0.263. The lowest BCUT2D eigenvalue weighted by Gasteiger charge is -2.43. The van der Waals surface area contributed by atoms with Gasteiger partial charge in [-0.2, -0.15) is 0 Å². The zero-order valence-corrected chi connectivity index (χ0v) is 37.4. The first-order valence-electron chi connectivity index (χ1n) is 22.2. The molecular formula is C57H53BN2O. The second kappa shape index (κ2) is 11.7. The average molecular weight is 793 g/mol. The van der Waals surface area contributed by atoms with Crippen molar-refractivity contribution >= 4 is 72.9 Å². The minimum absolute atomic E-state index is 0.0287. The lowest BCUT2D eigenvalue weighted by Crippen LogP contribution is -2.60. The second-order valence-electron chi connectivity index (χ2n) is 21.8. The van der Waals surface area contributed by atoms with Crippen LogP contribution in [0.1, 0.15) is 104 Å². The van der Waals surface area contributed by atoms with Crippen LogP contribution in [0.4, 0.5) is 11.4 Å². The molecule has 0 saturated heterocycles. The number of hydrogen-bond acceptors (Lipinski definition) is 2. The van der Waals surface area contributed by atoms with Crippen LogP contribution in [-0.4, -0.2) is 11.4 Å². The molecule has 0 bridgehead atoms. The van der Waals surface area contributed by atoms with Crippen molar-refractivity contribution in [3.05, 3.63) is 149 Å². The number of benzene rings is 7. The third kappa shape index (κ3) is 4.88. The fourth-order valence-electron chi connectivity index (χ4n) is 11.3. The number of aromatic nitrogens is 1. The van der Waals surface area contributed by atoms with E-state index in [1.54, 1.807) is 0 Å². The Morgan fingerprint density at radius 3 is 1.90 bits per heavy atom. The second-order valence-corrected chi connectivity index (χ2v) is 21.8. The first-order valence-corrected chi connectivity index (χ1v) is 22.2. The molecule has 2 aromatic heterocycles. The molecule has 0 N–H and O–H groups in total. The maximum Gasteiger partial charge on any atom is 0.333 e. The monoisotopic (exact) mass is 792 g/mol. The van der Waals surface area contributed by atoms with Crippen LogP contribution in [0.3, 0.4) is 0 Å². The highest BCUT2D eigenvalue weighted by molar-refractivity contribution is 6.93. The predicted molar refractivity (Wildman–Crippen MR) is 261 cm³/mol. The molecule has 2 aliphatic heterocycles. The van der Waals surface area contributed by atoms with Crippen molar-refractivity contribution in [2.75, 3.05) is 4.81 Å². The molecule has 300 valence electrons. The summed E-state index contributed by atoms with van der Waals surface area (Å²) in [6.07, 6.45) is 0. The molecule has 12 rings (SSSR count). The Labute approximate surface area is 360 Å². The first-order chi connectivity index (χ1) is 28.9. The van der Waals surface area contributed by atoms with Gasteiger partial charge in [0.15, 0.2) is 0 Å². The van der Waals surface area contributed by atoms with Crippen LogP contribution in [0.2, 0.25) is 0 Å². The van der Waals surface area contributed by atoms with E-state index in [0.717, 1.165) is 16.6 Å². The summed E-state index contributed by atoms with van der Waals surface area (Å²) in [6.45, 7) is 25.7. The molecular weight excluding hydrogens is 739 g/mol. The normalized spacial score (nSPS) is 15.2. The van der Waals surface area contributed by atoms with Gasteiger partial charge in [0.2, 0.25) is 0 Å². The smallest absolute Gasteiger partial charge is 0.333 e. The molecule has 3 nitrogen and oxygen atoms in total. The van der Waals surface area contributed by atoms with Crippen molar-refractivity contribution in [1.29, 1.82) is 0 Å². The summed E-state index contributed by atoms with van der Waals surface area (Å²) < 4.78 is 9.14. The summed E-state index contributed by atoms with van der Waals surface area (Å²) in [5.41, 5.74) is 23.0. The van der Waals surface area contributed by atoms with Gasteiger partial charge >= 0.3 is 6.85 Å². The minimum atomic E-state index is -0.165. The van der Waals surface area contributed by atoms with Crippen molar-refractivity contribution in [3.8, 4) is 27.9 Å². The van der Waals surface area contributed by atoms with Crippen molar-refractivity contribution in [2.45, 2.75) is 97.8 Å². The van der Waals surface area contributed by atoms with Crippen LogP contribution in [0.15, 0.2) is 126 Å². The van der Waals surface area contributed by atoms with Crippen molar-refractivity contribution in [1.82, 2.24) is 4.57 Å². The summed E-state index contributed by atoms with van der Waals surface area (Å²) in [4.78, 5) is 2.71. The summed E-state index contributed by atoms with van der Waals surface area (Å²) in [5, 5.41) is 4.89. The number of anilines is 2. The molecule has 0 fully saturated rings. The van der Waals surface area contributed by atoms with Gasteiger partial charge in [0.05, 0.1) is 11.0 Å². The van der Waals surface area contributed by atoms with Crippen LogP contribution in [0.25, 0.3) is 71.7 Å². The zero-order valence-electron chi connectivity index (χ0n) is 37.4. The topological polar surface area (TPSA) is 21.3 Å². The molecule has 0 atom stereocenters. The van der Waals surface area contributed by atoms with Crippen LogP contribution < -0.4 is 15.7 Å². The van der Waals surface area contributed by atoms with E-state index >= 15 is 0 Å². The number of hydrogen-bond donors (Lipinski definition) is 0. The molecule has 0 saturated carbocycles. The Balaban J connectivity index is 1.24. The van der Waals surface area contributed by atoms with Crippen molar-refractivity contribution in [3.63, 3.8) is 0 Å². The van der Waals surface area contributed by atoms with Crippen LogP contribution in [0, 0.1) is 0 Å². The van der Waals surface area contributed by atoms with E-state index in [1.165, 1.54) is 105 Å². The lowest BCUT2D eigenvalue weighted by atomic mass is 9.43. The maximum atomic E-state index is 6.55. The van der Waals surface area contributed by atoms with E-state index in [-0.39, 0.29) is 28.5 Å². The van der Waals surface area contributed by atoms with Crippen molar-refractivity contribution in [2.24, 2.45) is 0 Å². The number of fused-ring (bicyclic) bond motifs is 15. The largest absolute Gasteiger partial charge is 0.456 e. The van der Waals surface area contributed by atoms with Gasteiger partial charge < -0.3 is 13.8 Å². The summed E-state index contributed by atoms with van der Waals surface area (Å²) >= 11 is 0. The Morgan fingerprint density at radius 2 is 1.16 bits per heavy atom. The van der Waals surface area contributed by atoms with E-state index in [2.05, 4.69) is 207 Å². The van der Waals surface area contributed by atoms with Crippen LogP contribution >= 0.6 is 0 Å². The molecule has 0 radical (unpaired) electrons. The molecule has 0 spiro atoms. The van der Waals surface area contributed by atoms with Gasteiger partial charge in [0.25, 0.3) is 0 Å². The molecule has 7 aromatic carbocycles. The Morgan fingerprint density at radius 1 is 0.508 bits per heavy atom. The SMILES string of the molecule is CC(C)(C)c1ccc(N2B3c4cc(C(C)(C)C)ccc4-n4c5ccc6oc7ccccc7c6c5c5ccc(c3c54)-c3cc4c(cc32)C(C)(C)c2cc(C(C)(C)C)ccc2-4)cc1. The highest BCUT2D eigenvalue weighted by Crippen LogP contribution is 2.55. The summed E-state index contributed by atoms with van der Waals surface area (Å²) in [7, 11) is 0. The average Bonchev–Trinajstić information content (AvgIpc) is 3.84. The van der Waals surface area contributed by atoms with Gasteiger partial charge in [-0.1, -0.05) is 149 Å². The minimum Gasteiger partial charge on any atom is -0.456 e. The number of para-hydroxylation sites is 1. The van der Waals surface area contributed by atoms with E-state index in [9.17, 15) is 0 Å². The van der Waals surface area contributed by atoms with Gasteiger partial charge in [-0.05, 0) is 120 Å². The molecule has 61 heavy (non-hydrogen) atoms. The van der Waals surface area contributed by atoms with E-state index < -0.39 is 0 Å². The number of rotatable bonds is 1. The quantitative estimate of drug-likeness (QED) is 0.154. The Kier molecular flexibility index (Phi) is 7.05. The van der Waals surface area contributed by atoms with Crippen molar-refractivity contribution < 1.29 is 4.42 Å². The lowest BCUT2D eigenvalue weighted by molar-refractivity contribution is 0.584. The Hall–Kier alpha value is -6.00. The highest BCUT2D eigenvalue weighted by Gasteiger charge is 2.46. The molecule has 4 heteroatoms. The van der Waals surface area contributed by atoms with Gasteiger partial charge in [-0.3, -0.25) is 0 Å². The predicted octanol–water partition coefficient (Wildman–Crippen LogP) is 14.1. The maximum absolute atomic E-state index is 6.55. The molecule has 1 aliphatic carbocycles. The van der Waals surface area contributed by atoms with E-state index in [1.807, 2.05) is 0 Å². The van der Waals surface area contributed by atoms with Gasteiger partial charge in [0.1, 0.15) is 11.2 Å². The number of nitrogens with zero attached hydrogens (tertiary/aromatic N) is 2. The van der Waals surface area contributed by atoms with E-state index in [0.29, 0.717) is 0 Å². The first kappa shape index (κ1) is 36.8. The highest BCUT2D eigenvalue weighted by atomic mass is 16.3.